The van der Waals surface area contributed by atoms with Gasteiger partial charge in [0.05, 0.1) is 0 Å². The van der Waals surface area contributed by atoms with Crippen molar-refractivity contribution >= 4 is 6.09 Å². The summed E-state index contributed by atoms with van der Waals surface area (Å²) in [6.07, 6.45) is 1.01. The predicted molar refractivity (Wildman–Crippen MR) is 81.8 cm³/mol. The first-order valence-corrected chi connectivity index (χ1v) is 7.82. The number of hydrogen-bond acceptors (Lipinski definition) is 3. The van der Waals surface area contributed by atoms with E-state index in [4.69, 9.17) is 4.74 Å². The van der Waals surface area contributed by atoms with Crippen molar-refractivity contribution in [2.24, 2.45) is 17.8 Å². The molecular formula is C17H24N2O2. The monoisotopic (exact) mass is 288 g/mol. The van der Waals surface area contributed by atoms with E-state index in [1.807, 2.05) is 42.3 Å². The van der Waals surface area contributed by atoms with E-state index in [0.717, 1.165) is 18.7 Å². The van der Waals surface area contributed by atoms with Crippen LogP contribution in [-0.4, -0.2) is 37.2 Å². The number of amides is 1. The Morgan fingerprint density at radius 2 is 2.10 bits per heavy atom. The molecule has 2 aliphatic rings. The molecule has 0 aromatic heterocycles. The molecule has 1 saturated heterocycles. The topological polar surface area (TPSA) is 41.6 Å². The molecule has 0 unspecified atom stereocenters. The SMILES string of the molecule is CN[C@@H]1C[C@@H]2CN(C(=O)OCc3ccccc3)C[C@@H]2[C@H]1C. The third kappa shape index (κ3) is 2.91. The fraction of sp³-hybridized carbons (Fsp3) is 0.588. The van der Waals surface area contributed by atoms with Crippen LogP contribution in [0.2, 0.25) is 0 Å². The first kappa shape index (κ1) is 14.4. The van der Waals surface area contributed by atoms with Crippen LogP contribution in [0, 0.1) is 17.8 Å². The minimum atomic E-state index is -0.165. The molecule has 3 rings (SSSR count). The van der Waals surface area contributed by atoms with Crippen LogP contribution in [0.15, 0.2) is 30.3 Å². The van der Waals surface area contributed by atoms with E-state index < -0.39 is 0 Å². The van der Waals surface area contributed by atoms with Crippen LogP contribution in [0.25, 0.3) is 0 Å². The number of fused-ring (bicyclic) bond motifs is 1. The number of hydrogen-bond donors (Lipinski definition) is 1. The van der Waals surface area contributed by atoms with Gasteiger partial charge in [0.15, 0.2) is 0 Å². The molecule has 1 saturated carbocycles. The van der Waals surface area contributed by atoms with Crippen molar-refractivity contribution in [1.82, 2.24) is 10.2 Å². The third-order valence-corrected chi connectivity index (χ3v) is 5.19. The van der Waals surface area contributed by atoms with Gasteiger partial charge in [-0.2, -0.15) is 0 Å². The molecule has 1 N–H and O–H groups in total. The van der Waals surface area contributed by atoms with Gasteiger partial charge in [0, 0.05) is 19.1 Å². The molecule has 4 nitrogen and oxygen atoms in total. The molecular weight excluding hydrogens is 264 g/mol. The van der Waals surface area contributed by atoms with Gasteiger partial charge in [0.2, 0.25) is 0 Å². The van der Waals surface area contributed by atoms with Crippen LogP contribution >= 0.6 is 0 Å². The Morgan fingerprint density at radius 3 is 2.76 bits per heavy atom. The summed E-state index contributed by atoms with van der Waals surface area (Å²) in [6, 6.07) is 10.4. The van der Waals surface area contributed by atoms with Crippen molar-refractivity contribution in [2.75, 3.05) is 20.1 Å². The van der Waals surface area contributed by atoms with E-state index in [1.54, 1.807) is 0 Å². The molecule has 1 heterocycles. The number of nitrogens with zero attached hydrogens (tertiary/aromatic N) is 1. The first-order chi connectivity index (χ1) is 10.2. The van der Waals surface area contributed by atoms with Crippen molar-refractivity contribution < 1.29 is 9.53 Å². The highest BCUT2D eigenvalue weighted by Gasteiger charge is 2.46. The van der Waals surface area contributed by atoms with Crippen LogP contribution in [0.1, 0.15) is 18.9 Å². The van der Waals surface area contributed by atoms with Gasteiger partial charge in [-0.1, -0.05) is 37.3 Å². The van der Waals surface area contributed by atoms with E-state index in [2.05, 4.69) is 12.2 Å². The number of nitrogens with one attached hydrogen (secondary N) is 1. The van der Waals surface area contributed by atoms with Crippen LogP contribution in [-0.2, 0) is 11.3 Å². The minimum Gasteiger partial charge on any atom is -0.445 e. The van der Waals surface area contributed by atoms with Crippen LogP contribution in [0.4, 0.5) is 4.79 Å². The maximum Gasteiger partial charge on any atom is 0.410 e. The second kappa shape index (κ2) is 6.06. The molecule has 0 spiro atoms. The highest BCUT2D eigenvalue weighted by molar-refractivity contribution is 5.68. The Bertz CT molecular complexity index is 491. The second-order valence-electron chi connectivity index (χ2n) is 6.36. The van der Waals surface area contributed by atoms with Crippen molar-refractivity contribution in [1.29, 1.82) is 0 Å². The Hall–Kier alpha value is -1.55. The van der Waals surface area contributed by atoms with Gasteiger partial charge in [0.25, 0.3) is 0 Å². The molecule has 1 aromatic rings. The lowest BCUT2D eigenvalue weighted by Crippen LogP contribution is -2.35. The lowest BCUT2D eigenvalue weighted by molar-refractivity contribution is 0.100. The van der Waals surface area contributed by atoms with E-state index in [9.17, 15) is 4.79 Å². The smallest absolute Gasteiger partial charge is 0.410 e. The molecule has 4 atom stereocenters. The first-order valence-electron chi connectivity index (χ1n) is 7.82. The summed E-state index contributed by atoms with van der Waals surface area (Å²) >= 11 is 0. The van der Waals surface area contributed by atoms with E-state index in [1.165, 1.54) is 6.42 Å². The molecule has 1 amide bonds. The van der Waals surface area contributed by atoms with Crippen molar-refractivity contribution in [2.45, 2.75) is 26.0 Å². The van der Waals surface area contributed by atoms with Gasteiger partial charge >= 0.3 is 6.09 Å². The molecule has 1 aromatic carbocycles. The highest BCUT2D eigenvalue weighted by atomic mass is 16.6. The molecule has 0 radical (unpaired) electrons. The largest absolute Gasteiger partial charge is 0.445 e. The number of benzene rings is 1. The van der Waals surface area contributed by atoms with Crippen LogP contribution < -0.4 is 5.32 Å². The molecule has 4 heteroatoms. The van der Waals surface area contributed by atoms with Crippen LogP contribution in [0.3, 0.4) is 0 Å². The zero-order valence-electron chi connectivity index (χ0n) is 12.8. The Kier molecular flexibility index (Phi) is 4.15. The molecule has 114 valence electrons. The van der Waals surface area contributed by atoms with E-state index in [-0.39, 0.29) is 6.09 Å². The van der Waals surface area contributed by atoms with Gasteiger partial charge in [-0.3, -0.25) is 0 Å². The van der Waals surface area contributed by atoms with Gasteiger partial charge < -0.3 is 15.0 Å². The standard InChI is InChI=1S/C17H24N2O2/c1-12-15-10-19(9-14(15)8-16(12)18-2)17(20)21-11-13-6-4-3-5-7-13/h3-7,12,14-16,18H,8-11H2,1-2H3/t12-,14-,15-,16-/m1/s1. The molecule has 0 bridgehead atoms. The van der Waals surface area contributed by atoms with Gasteiger partial charge in [-0.25, -0.2) is 4.79 Å². The summed E-state index contributed by atoms with van der Waals surface area (Å²) in [6.45, 7) is 4.35. The lowest BCUT2D eigenvalue weighted by Gasteiger charge is -2.22. The number of carbonyl (C=O) groups is 1. The third-order valence-electron chi connectivity index (χ3n) is 5.19. The fourth-order valence-corrected chi connectivity index (χ4v) is 3.92. The van der Waals surface area contributed by atoms with Gasteiger partial charge in [-0.15, -0.1) is 0 Å². The van der Waals surface area contributed by atoms with Crippen molar-refractivity contribution in [3.05, 3.63) is 35.9 Å². The summed E-state index contributed by atoms with van der Waals surface area (Å²) in [5, 5.41) is 3.40. The second-order valence-corrected chi connectivity index (χ2v) is 6.36. The van der Waals surface area contributed by atoms with Crippen LogP contribution in [0.5, 0.6) is 0 Å². The number of carbonyl (C=O) groups excluding carboxylic acids is 1. The average Bonchev–Trinajstić information content (AvgIpc) is 3.05. The molecule has 1 aliphatic carbocycles. The quantitative estimate of drug-likeness (QED) is 0.929. The maximum atomic E-state index is 12.2. The number of rotatable bonds is 3. The fourth-order valence-electron chi connectivity index (χ4n) is 3.92. The molecule has 21 heavy (non-hydrogen) atoms. The van der Waals surface area contributed by atoms with E-state index in [0.29, 0.717) is 30.4 Å². The normalized spacial score (nSPS) is 31.2. The zero-order chi connectivity index (χ0) is 14.8. The average molecular weight is 288 g/mol. The summed E-state index contributed by atoms with van der Waals surface area (Å²) in [4.78, 5) is 14.1. The molecule has 1 aliphatic heterocycles. The summed E-state index contributed by atoms with van der Waals surface area (Å²) < 4.78 is 5.44. The zero-order valence-corrected chi connectivity index (χ0v) is 12.8. The molecule has 2 fully saturated rings. The number of ether oxygens (including phenoxy) is 1. The van der Waals surface area contributed by atoms with Crippen molar-refractivity contribution in [3.8, 4) is 0 Å². The van der Waals surface area contributed by atoms with Crippen molar-refractivity contribution in [3.63, 3.8) is 0 Å². The summed E-state index contributed by atoms with van der Waals surface area (Å²) in [5.74, 6) is 1.88. The summed E-state index contributed by atoms with van der Waals surface area (Å²) in [7, 11) is 2.04. The van der Waals surface area contributed by atoms with E-state index >= 15 is 0 Å². The Labute approximate surface area is 126 Å². The highest BCUT2D eigenvalue weighted by Crippen LogP contribution is 2.42. The maximum absolute atomic E-state index is 12.2. The number of likely N-dealkylation sites (tertiary alicyclic amines) is 1. The summed E-state index contributed by atoms with van der Waals surface area (Å²) in [5.41, 5.74) is 1.04. The van der Waals surface area contributed by atoms with Gasteiger partial charge in [0.1, 0.15) is 6.61 Å². The minimum absolute atomic E-state index is 0.165. The predicted octanol–water partition coefficient (Wildman–Crippen LogP) is 2.50. The lowest BCUT2D eigenvalue weighted by atomic mass is 9.93. The van der Waals surface area contributed by atoms with Gasteiger partial charge in [-0.05, 0) is 36.8 Å². The Morgan fingerprint density at radius 1 is 1.33 bits per heavy atom. The Balaban J connectivity index is 1.52.